The Morgan fingerprint density at radius 1 is 1.79 bits per heavy atom. The maximum atomic E-state index is 11.7. The highest BCUT2D eigenvalue weighted by Gasteiger charge is 2.34. The maximum absolute atomic E-state index is 11.7. The number of likely N-dealkylation sites (N-methyl/N-ethyl adjacent to an activating group) is 2. The molecular formula is C9H17N3OS. The maximum Gasteiger partial charge on any atom is 0.239 e. The molecule has 1 aliphatic heterocycles. The Labute approximate surface area is 90.0 Å². The van der Waals surface area contributed by atoms with Crippen molar-refractivity contribution < 1.29 is 4.79 Å². The molecule has 80 valence electrons. The summed E-state index contributed by atoms with van der Waals surface area (Å²) in [6.07, 6.45) is 0.860. The first-order valence-electron chi connectivity index (χ1n) is 4.71. The van der Waals surface area contributed by atoms with E-state index < -0.39 is 0 Å². The van der Waals surface area contributed by atoms with E-state index in [0.29, 0.717) is 4.99 Å². The molecule has 1 rings (SSSR count). The quantitative estimate of drug-likeness (QED) is 0.664. The van der Waals surface area contributed by atoms with Crippen molar-refractivity contribution in [1.82, 2.24) is 9.80 Å². The first-order valence-corrected chi connectivity index (χ1v) is 5.12. The molecule has 0 spiro atoms. The van der Waals surface area contributed by atoms with Crippen LogP contribution in [-0.2, 0) is 4.79 Å². The molecule has 1 saturated heterocycles. The summed E-state index contributed by atoms with van der Waals surface area (Å²) in [4.78, 5) is 15.8. The Balaban J connectivity index is 2.66. The van der Waals surface area contributed by atoms with Crippen LogP contribution in [0.25, 0.3) is 0 Å². The van der Waals surface area contributed by atoms with E-state index in [1.165, 1.54) is 0 Å². The normalized spacial score (nSPS) is 24.4. The first-order chi connectivity index (χ1) is 6.45. The molecule has 0 bridgehead atoms. The van der Waals surface area contributed by atoms with Crippen molar-refractivity contribution in [3.05, 3.63) is 0 Å². The van der Waals surface area contributed by atoms with Crippen LogP contribution in [0.3, 0.4) is 0 Å². The summed E-state index contributed by atoms with van der Waals surface area (Å²) in [5, 5.41) is 0. The topological polar surface area (TPSA) is 49.6 Å². The van der Waals surface area contributed by atoms with Crippen LogP contribution in [0.15, 0.2) is 0 Å². The second-order valence-corrected chi connectivity index (χ2v) is 4.28. The number of nitrogens with two attached hydrogens (primary N) is 1. The molecule has 14 heavy (non-hydrogen) atoms. The molecule has 1 heterocycles. The van der Waals surface area contributed by atoms with Crippen LogP contribution in [0.4, 0.5) is 0 Å². The smallest absolute Gasteiger partial charge is 0.239 e. The third kappa shape index (κ3) is 2.04. The molecule has 0 saturated carbocycles. The summed E-state index contributed by atoms with van der Waals surface area (Å²) in [7, 11) is 3.72. The largest absolute Gasteiger partial charge is 0.392 e. The van der Waals surface area contributed by atoms with E-state index in [-0.39, 0.29) is 18.0 Å². The van der Waals surface area contributed by atoms with E-state index in [9.17, 15) is 4.79 Å². The number of nitrogens with zero attached hydrogens (tertiary/aromatic N) is 2. The molecule has 2 N–H and O–H groups in total. The van der Waals surface area contributed by atoms with Gasteiger partial charge in [0, 0.05) is 13.6 Å². The highest BCUT2D eigenvalue weighted by molar-refractivity contribution is 7.80. The van der Waals surface area contributed by atoms with Gasteiger partial charge in [-0.15, -0.1) is 0 Å². The van der Waals surface area contributed by atoms with E-state index in [2.05, 4.69) is 0 Å². The van der Waals surface area contributed by atoms with E-state index >= 15 is 0 Å². The molecule has 0 aromatic heterocycles. The number of carbonyl (C=O) groups is 1. The van der Waals surface area contributed by atoms with Gasteiger partial charge in [0.25, 0.3) is 0 Å². The van der Waals surface area contributed by atoms with Crippen molar-refractivity contribution in [3.8, 4) is 0 Å². The molecule has 2 atom stereocenters. The molecule has 1 amide bonds. The van der Waals surface area contributed by atoms with Gasteiger partial charge in [-0.3, -0.25) is 9.69 Å². The number of hydrogen-bond donors (Lipinski definition) is 1. The second-order valence-electron chi connectivity index (χ2n) is 3.81. The molecule has 1 aliphatic rings. The van der Waals surface area contributed by atoms with Gasteiger partial charge in [0.1, 0.15) is 0 Å². The standard InChI is InChI=1S/C9H17N3OS/c1-6(8(10)14)12(3)7-4-5-11(2)9(7)13/h6-7H,4-5H2,1-3H3,(H2,10,14). The van der Waals surface area contributed by atoms with Gasteiger partial charge < -0.3 is 10.6 Å². The van der Waals surface area contributed by atoms with Crippen LogP contribution in [0.1, 0.15) is 13.3 Å². The Kier molecular flexibility index (Phi) is 3.44. The van der Waals surface area contributed by atoms with Crippen LogP contribution in [0, 0.1) is 0 Å². The van der Waals surface area contributed by atoms with Crippen LogP contribution in [-0.4, -0.2) is 53.4 Å². The molecule has 1 fully saturated rings. The minimum Gasteiger partial charge on any atom is -0.392 e. The molecule has 2 unspecified atom stereocenters. The summed E-state index contributed by atoms with van der Waals surface area (Å²) >= 11 is 4.91. The molecule has 0 aromatic carbocycles. The number of rotatable bonds is 3. The highest BCUT2D eigenvalue weighted by Crippen LogP contribution is 2.16. The Morgan fingerprint density at radius 2 is 2.36 bits per heavy atom. The SMILES string of the molecule is CC(C(N)=S)N(C)C1CCN(C)C1=O. The highest BCUT2D eigenvalue weighted by atomic mass is 32.1. The molecule has 0 aliphatic carbocycles. The van der Waals surface area contributed by atoms with E-state index in [4.69, 9.17) is 18.0 Å². The zero-order valence-corrected chi connectivity index (χ0v) is 9.67. The lowest BCUT2D eigenvalue weighted by Gasteiger charge is -2.28. The molecule has 0 aromatic rings. The Hall–Kier alpha value is -0.680. The Bertz CT molecular complexity index is 256. The van der Waals surface area contributed by atoms with Gasteiger partial charge in [0.2, 0.25) is 5.91 Å². The van der Waals surface area contributed by atoms with Crippen molar-refractivity contribution in [1.29, 1.82) is 0 Å². The molecular weight excluding hydrogens is 198 g/mol. The minimum absolute atomic E-state index is 0.0227. The van der Waals surface area contributed by atoms with Gasteiger partial charge >= 0.3 is 0 Å². The molecule has 0 radical (unpaired) electrons. The van der Waals surface area contributed by atoms with Crippen LogP contribution in [0.2, 0.25) is 0 Å². The van der Waals surface area contributed by atoms with Crippen molar-refractivity contribution >= 4 is 23.1 Å². The lowest BCUT2D eigenvalue weighted by molar-refractivity contribution is -0.130. The van der Waals surface area contributed by atoms with Gasteiger partial charge in [-0.05, 0) is 20.4 Å². The number of carbonyl (C=O) groups excluding carboxylic acids is 1. The number of hydrogen-bond acceptors (Lipinski definition) is 3. The Morgan fingerprint density at radius 3 is 2.71 bits per heavy atom. The zero-order valence-electron chi connectivity index (χ0n) is 8.86. The lowest BCUT2D eigenvalue weighted by Crippen LogP contribution is -2.48. The fourth-order valence-corrected chi connectivity index (χ4v) is 1.82. The fourth-order valence-electron chi connectivity index (χ4n) is 1.65. The minimum atomic E-state index is -0.0588. The number of thiocarbonyl (C=S) groups is 1. The van der Waals surface area contributed by atoms with Crippen molar-refractivity contribution in [2.45, 2.75) is 25.4 Å². The monoisotopic (exact) mass is 215 g/mol. The summed E-state index contributed by atoms with van der Waals surface area (Å²) < 4.78 is 0. The van der Waals surface area contributed by atoms with Gasteiger partial charge in [-0.1, -0.05) is 12.2 Å². The summed E-state index contributed by atoms with van der Waals surface area (Å²) in [5.41, 5.74) is 5.55. The van der Waals surface area contributed by atoms with E-state index in [0.717, 1.165) is 13.0 Å². The zero-order chi connectivity index (χ0) is 10.9. The average molecular weight is 215 g/mol. The van der Waals surface area contributed by atoms with E-state index in [1.54, 1.807) is 4.90 Å². The van der Waals surface area contributed by atoms with Crippen LogP contribution < -0.4 is 5.73 Å². The molecule has 5 heteroatoms. The predicted octanol–water partition coefficient (Wildman–Crippen LogP) is -0.176. The number of likely N-dealkylation sites (tertiary alicyclic amines) is 1. The molecule has 4 nitrogen and oxygen atoms in total. The van der Waals surface area contributed by atoms with Gasteiger partial charge in [0.05, 0.1) is 17.1 Å². The van der Waals surface area contributed by atoms with Crippen molar-refractivity contribution in [3.63, 3.8) is 0 Å². The third-order valence-electron chi connectivity index (χ3n) is 2.91. The predicted molar refractivity (Wildman–Crippen MR) is 60.1 cm³/mol. The van der Waals surface area contributed by atoms with Crippen molar-refractivity contribution in [2.24, 2.45) is 5.73 Å². The van der Waals surface area contributed by atoms with Gasteiger partial charge in [0.15, 0.2) is 0 Å². The van der Waals surface area contributed by atoms with E-state index in [1.807, 2.05) is 25.9 Å². The summed E-state index contributed by atoms with van der Waals surface area (Å²) in [5.74, 6) is 0.163. The van der Waals surface area contributed by atoms with Crippen LogP contribution >= 0.6 is 12.2 Å². The number of amides is 1. The summed E-state index contributed by atoms with van der Waals surface area (Å²) in [6.45, 7) is 2.74. The van der Waals surface area contributed by atoms with Crippen molar-refractivity contribution in [2.75, 3.05) is 20.6 Å². The second kappa shape index (κ2) is 4.23. The summed E-state index contributed by atoms with van der Waals surface area (Å²) in [6, 6.07) is -0.0815. The van der Waals surface area contributed by atoms with Gasteiger partial charge in [-0.25, -0.2) is 0 Å². The lowest BCUT2D eigenvalue weighted by atomic mass is 10.1. The van der Waals surface area contributed by atoms with Crippen LogP contribution in [0.5, 0.6) is 0 Å². The van der Waals surface area contributed by atoms with Gasteiger partial charge in [-0.2, -0.15) is 0 Å². The average Bonchev–Trinajstić information content (AvgIpc) is 2.45. The first kappa shape index (κ1) is 11.4. The fraction of sp³-hybridized carbons (Fsp3) is 0.778. The third-order valence-corrected chi connectivity index (χ3v) is 3.25.